The monoisotopic (exact) mass is 369 g/mol. The zero-order valence-electron chi connectivity index (χ0n) is 15.2. The van der Waals surface area contributed by atoms with E-state index in [-0.39, 0.29) is 11.4 Å². The van der Waals surface area contributed by atoms with Crippen molar-refractivity contribution < 1.29 is 8.42 Å². The highest BCUT2D eigenvalue weighted by atomic mass is 32.2. The Balaban J connectivity index is 1.82. The maximum atomic E-state index is 12.6. The smallest absolute Gasteiger partial charge is 0.238 e. The van der Waals surface area contributed by atoms with Gasteiger partial charge in [-0.1, -0.05) is 37.3 Å². The standard InChI is InChI=1S/C20H23N3O2S/c1-4-17-10-12-19(13-11-17)26(24,25)21-14-20-15(2)22-23(16(20)3)18-8-6-5-7-9-18/h5-13,21H,4,14H2,1-3H3. The zero-order chi connectivity index (χ0) is 18.7. The minimum absolute atomic E-state index is 0.211. The van der Waals surface area contributed by atoms with Crippen molar-refractivity contribution in [3.63, 3.8) is 0 Å². The number of nitrogens with zero attached hydrogens (tertiary/aromatic N) is 2. The summed E-state index contributed by atoms with van der Waals surface area (Å²) in [5, 5.41) is 4.56. The Labute approximate surface area is 154 Å². The van der Waals surface area contributed by atoms with Gasteiger partial charge in [0.05, 0.1) is 16.3 Å². The fourth-order valence-corrected chi connectivity index (χ4v) is 3.90. The summed E-state index contributed by atoms with van der Waals surface area (Å²) in [6, 6.07) is 16.8. The van der Waals surface area contributed by atoms with Gasteiger partial charge >= 0.3 is 0 Å². The summed E-state index contributed by atoms with van der Waals surface area (Å²) >= 11 is 0. The van der Waals surface area contributed by atoms with Crippen LogP contribution >= 0.6 is 0 Å². The van der Waals surface area contributed by atoms with Gasteiger partial charge in [0.2, 0.25) is 10.0 Å². The van der Waals surface area contributed by atoms with Crippen LogP contribution in [0, 0.1) is 13.8 Å². The van der Waals surface area contributed by atoms with Gasteiger partial charge in [0, 0.05) is 17.8 Å². The SMILES string of the molecule is CCc1ccc(S(=O)(=O)NCc2c(C)nn(-c3ccccc3)c2C)cc1. The molecule has 26 heavy (non-hydrogen) atoms. The first kappa shape index (κ1) is 18.4. The summed E-state index contributed by atoms with van der Waals surface area (Å²) < 4.78 is 29.7. The van der Waals surface area contributed by atoms with Gasteiger partial charge in [-0.2, -0.15) is 5.10 Å². The molecule has 0 saturated carbocycles. The van der Waals surface area contributed by atoms with Crippen molar-refractivity contribution in [2.45, 2.75) is 38.6 Å². The van der Waals surface area contributed by atoms with Gasteiger partial charge in [0.1, 0.15) is 0 Å². The van der Waals surface area contributed by atoms with E-state index in [1.165, 1.54) is 0 Å². The summed E-state index contributed by atoms with van der Waals surface area (Å²) in [5.41, 5.74) is 4.70. The van der Waals surface area contributed by atoms with Crippen LogP contribution in [0.15, 0.2) is 59.5 Å². The van der Waals surface area contributed by atoms with Crippen LogP contribution in [0.3, 0.4) is 0 Å². The van der Waals surface area contributed by atoms with E-state index in [9.17, 15) is 8.42 Å². The Bertz CT molecular complexity index is 992. The van der Waals surface area contributed by atoms with Crippen molar-refractivity contribution in [2.24, 2.45) is 0 Å². The van der Waals surface area contributed by atoms with Crippen molar-refractivity contribution in [1.82, 2.24) is 14.5 Å². The Morgan fingerprint density at radius 2 is 1.65 bits per heavy atom. The van der Waals surface area contributed by atoms with Gasteiger partial charge in [-0.05, 0) is 50.1 Å². The molecule has 5 nitrogen and oxygen atoms in total. The van der Waals surface area contributed by atoms with E-state index in [1.807, 2.05) is 67.9 Å². The van der Waals surface area contributed by atoms with E-state index in [0.717, 1.165) is 34.6 Å². The topological polar surface area (TPSA) is 64.0 Å². The van der Waals surface area contributed by atoms with Crippen molar-refractivity contribution in [2.75, 3.05) is 0 Å². The maximum absolute atomic E-state index is 12.6. The number of sulfonamides is 1. The minimum atomic E-state index is -3.56. The molecule has 0 saturated heterocycles. The lowest BCUT2D eigenvalue weighted by molar-refractivity contribution is 0.581. The van der Waals surface area contributed by atoms with Crippen LogP contribution in [0.5, 0.6) is 0 Å². The van der Waals surface area contributed by atoms with Crippen LogP contribution in [0.1, 0.15) is 29.4 Å². The second kappa shape index (κ2) is 7.43. The lowest BCUT2D eigenvalue weighted by Crippen LogP contribution is -2.23. The molecule has 0 fully saturated rings. The first-order valence-corrected chi connectivity index (χ1v) is 10.1. The van der Waals surface area contributed by atoms with E-state index in [2.05, 4.69) is 9.82 Å². The highest BCUT2D eigenvalue weighted by Gasteiger charge is 2.18. The molecule has 0 aliphatic heterocycles. The molecule has 0 radical (unpaired) electrons. The number of hydrogen-bond donors (Lipinski definition) is 1. The van der Waals surface area contributed by atoms with Crippen molar-refractivity contribution >= 4 is 10.0 Å². The molecule has 0 aliphatic rings. The van der Waals surface area contributed by atoms with Crippen LogP contribution < -0.4 is 4.72 Å². The Morgan fingerprint density at radius 1 is 1.00 bits per heavy atom. The molecule has 3 rings (SSSR count). The van der Waals surface area contributed by atoms with Crippen molar-refractivity contribution in [1.29, 1.82) is 0 Å². The van der Waals surface area contributed by atoms with Gasteiger partial charge < -0.3 is 0 Å². The fourth-order valence-electron chi connectivity index (χ4n) is 2.91. The number of para-hydroxylation sites is 1. The third-order valence-corrected chi connectivity index (χ3v) is 5.94. The summed E-state index contributed by atoms with van der Waals surface area (Å²) in [6.45, 7) is 6.10. The first-order chi connectivity index (χ1) is 12.4. The lowest BCUT2D eigenvalue weighted by Gasteiger charge is -2.08. The molecule has 6 heteroatoms. The third-order valence-electron chi connectivity index (χ3n) is 4.52. The van der Waals surface area contributed by atoms with Gasteiger partial charge in [-0.15, -0.1) is 0 Å². The van der Waals surface area contributed by atoms with Crippen LogP contribution in [0.2, 0.25) is 0 Å². The summed E-state index contributed by atoms with van der Waals surface area (Å²) in [7, 11) is -3.56. The average Bonchev–Trinajstić information content (AvgIpc) is 2.95. The van der Waals surface area contributed by atoms with Gasteiger partial charge in [0.15, 0.2) is 0 Å². The Kier molecular flexibility index (Phi) is 5.25. The highest BCUT2D eigenvalue weighted by Crippen LogP contribution is 2.19. The number of nitrogens with one attached hydrogen (secondary N) is 1. The number of hydrogen-bond acceptors (Lipinski definition) is 3. The maximum Gasteiger partial charge on any atom is 0.240 e. The van der Waals surface area contributed by atoms with Gasteiger partial charge in [0.25, 0.3) is 0 Å². The van der Waals surface area contributed by atoms with Crippen molar-refractivity contribution in [3.8, 4) is 5.69 Å². The molecule has 0 bridgehead atoms. The molecular weight excluding hydrogens is 346 g/mol. The number of aryl methyl sites for hydroxylation is 2. The largest absolute Gasteiger partial charge is 0.240 e. The normalized spacial score (nSPS) is 11.7. The first-order valence-electron chi connectivity index (χ1n) is 8.61. The minimum Gasteiger partial charge on any atom is -0.238 e. The number of benzene rings is 2. The quantitative estimate of drug-likeness (QED) is 0.723. The van der Waals surface area contributed by atoms with E-state index >= 15 is 0 Å². The van der Waals surface area contributed by atoms with Crippen LogP contribution in [0.25, 0.3) is 5.69 Å². The molecule has 0 spiro atoms. The highest BCUT2D eigenvalue weighted by molar-refractivity contribution is 7.89. The number of rotatable bonds is 6. The second-order valence-electron chi connectivity index (χ2n) is 6.22. The molecule has 2 aromatic carbocycles. The molecule has 1 heterocycles. The number of aromatic nitrogens is 2. The van der Waals surface area contributed by atoms with Crippen LogP contribution in [-0.2, 0) is 23.0 Å². The second-order valence-corrected chi connectivity index (χ2v) is 7.99. The average molecular weight is 369 g/mol. The molecule has 1 aromatic heterocycles. The zero-order valence-corrected chi connectivity index (χ0v) is 16.0. The van der Waals surface area contributed by atoms with Gasteiger partial charge in [-0.25, -0.2) is 17.8 Å². The van der Waals surface area contributed by atoms with E-state index < -0.39 is 10.0 Å². The van der Waals surface area contributed by atoms with E-state index in [1.54, 1.807) is 12.1 Å². The molecule has 0 amide bonds. The Hall–Kier alpha value is -2.44. The molecule has 136 valence electrons. The molecule has 0 aliphatic carbocycles. The molecule has 3 aromatic rings. The predicted molar refractivity (Wildman–Crippen MR) is 103 cm³/mol. The van der Waals surface area contributed by atoms with E-state index in [0.29, 0.717) is 0 Å². The molecule has 0 unspecified atom stereocenters. The van der Waals surface area contributed by atoms with Crippen LogP contribution in [0.4, 0.5) is 0 Å². The molecule has 1 N–H and O–H groups in total. The summed E-state index contributed by atoms with van der Waals surface area (Å²) in [4.78, 5) is 0.278. The van der Waals surface area contributed by atoms with Crippen LogP contribution in [-0.4, -0.2) is 18.2 Å². The summed E-state index contributed by atoms with van der Waals surface area (Å²) in [5.74, 6) is 0. The predicted octanol–water partition coefficient (Wildman–Crippen LogP) is 3.53. The summed E-state index contributed by atoms with van der Waals surface area (Å²) in [6.07, 6.45) is 0.880. The fraction of sp³-hybridized carbons (Fsp3) is 0.250. The molecule has 0 atom stereocenters. The lowest BCUT2D eigenvalue weighted by atomic mass is 10.2. The Morgan fingerprint density at radius 3 is 2.27 bits per heavy atom. The molecular formula is C20H23N3O2S. The van der Waals surface area contributed by atoms with E-state index in [4.69, 9.17) is 0 Å². The van der Waals surface area contributed by atoms with Gasteiger partial charge in [-0.3, -0.25) is 0 Å². The van der Waals surface area contributed by atoms with Crippen molar-refractivity contribution in [3.05, 3.63) is 77.1 Å². The third kappa shape index (κ3) is 3.71.